The van der Waals surface area contributed by atoms with Gasteiger partial charge in [-0.3, -0.25) is 9.98 Å². The number of aliphatic imine (C=N–C) groups is 2. The van der Waals surface area contributed by atoms with Gasteiger partial charge in [0.1, 0.15) is 11.5 Å². The van der Waals surface area contributed by atoms with E-state index in [0.717, 1.165) is 43.8 Å². The fraction of sp³-hybridized carbons (Fsp3) is 0.125. The van der Waals surface area contributed by atoms with Crippen molar-refractivity contribution in [3.63, 3.8) is 0 Å². The van der Waals surface area contributed by atoms with Crippen molar-refractivity contribution in [3.05, 3.63) is 106 Å². The van der Waals surface area contributed by atoms with Crippen molar-refractivity contribution in [2.75, 3.05) is 0 Å². The highest BCUT2D eigenvalue weighted by Crippen LogP contribution is 2.44. The first-order chi connectivity index (χ1) is 17.3. The minimum Gasteiger partial charge on any atom is -0.507 e. The Morgan fingerprint density at radius 3 is 1.28 bits per heavy atom. The van der Waals surface area contributed by atoms with Crippen LogP contribution in [0.15, 0.2) is 82.8 Å². The molecule has 0 heterocycles. The van der Waals surface area contributed by atoms with E-state index < -0.39 is 0 Å². The highest BCUT2D eigenvalue weighted by atomic mass is 16.3. The van der Waals surface area contributed by atoms with Gasteiger partial charge in [0.05, 0.1) is 11.4 Å². The molecule has 0 aromatic heterocycles. The maximum absolute atomic E-state index is 10.6. The van der Waals surface area contributed by atoms with E-state index in [1.165, 1.54) is 0 Å². The van der Waals surface area contributed by atoms with Gasteiger partial charge in [0, 0.05) is 34.3 Å². The van der Waals surface area contributed by atoms with Crippen molar-refractivity contribution in [2.45, 2.75) is 27.7 Å². The molecule has 0 spiro atoms. The largest absolute Gasteiger partial charge is 0.507 e. The van der Waals surface area contributed by atoms with Crippen molar-refractivity contribution in [1.82, 2.24) is 0 Å². The number of aryl methyl sites for hydroxylation is 4. The van der Waals surface area contributed by atoms with Gasteiger partial charge in [-0.05, 0) is 72.9 Å². The third kappa shape index (κ3) is 4.22. The van der Waals surface area contributed by atoms with Gasteiger partial charge in [-0.25, -0.2) is 0 Å². The van der Waals surface area contributed by atoms with E-state index in [1.807, 2.05) is 88.4 Å². The topological polar surface area (TPSA) is 65.2 Å². The molecule has 36 heavy (non-hydrogen) atoms. The van der Waals surface area contributed by atoms with Crippen molar-refractivity contribution in [3.8, 4) is 11.5 Å². The minimum atomic E-state index is 0.222. The van der Waals surface area contributed by atoms with E-state index in [0.29, 0.717) is 22.5 Å². The molecule has 0 radical (unpaired) electrons. The second-order valence-electron chi connectivity index (χ2n) is 9.34. The average molecular weight is 473 g/mol. The fourth-order valence-corrected chi connectivity index (χ4v) is 4.82. The van der Waals surface area contributed by atoms with Crippen LogP contribution in [0.1, 0.15) is 33.4 Å². The van der Waals surface area contributed by atoms with E-state index in [4.69, 9.17) is 9.98 Å². The van der Waals surface area contributed by atoms with Crippen LogP contribution in [-0.4, -0.2) is 22.6 Å². The van der Waals surface area contributed by atoms with Gasteiger partial charge < -0.3 is 10.2 Å². The summed E-state index contributed by atoms with van der Waals surface area (Å²) in [5.74, 6) is 0.444. The normalized spacial score (nSPS) is 11.9. The third-order valence-corrected chi connectivity index (χ3v) is 6.49. The van der Waals surface area contributed by atoms with Gasteiger partial charge >= 0.3 is 0 Å². The number of hydrogen-bond acceptors (Lipinski definition) is 4. The number of fused-ring (bicyclic) bond motifs is 3. The average Bonchev–Trinajstić information content (AvgIpc) is 2.86. The van der Waals surface area contributed by atoms with Crippen LogP contribution in [0.3, 0.4) is 0 Å². The van der Waals surface area contributed by atoms with E-state index in [-0.39, 0.29) is 11.5 Å². The molecule has 5 aromatic rings. The summed E-state index contributed by atoms with van der Waals surface area (Å²) in [5, 5.41) is 25.4. The molecule has 0 aliphatic carbocycles. The Morgan fingerprint density at radius 1 is 0.528 bits per heavy atom. The first-order valence-corrected chi connectivity index (χ1v) is 12.0. The fourth-order valence-electron chi connectivity index (χ4n) is 4.82. The lowest BCUT2D eigenvalue weighted by atomic mass is 9.98. The number of aromatic hydroxyl groups is 2. The van der Waals surface area contributed by atoms with Crippen molar-refractivity contribution in [1.29, 1.82) is 0 Å². The second kappa shape index (κ2) is 9.31. The number of rotatable bonds is 4. The maximum atomic E-state index is 10.6. The molecule has 0 aliphatic rings. The minimum absolute atomic E-state index is 0.222. The molecule has 0 amide bonds. The standard InChI is InChI=1S/C32H28N2O2/c1-19-13-21(3)31(35)23(15-19)17-33-29-27-11-7-5-9-25(27)26-10-6-8-12-28(26)30(29)34-18-24-16-20(2)14-22(4)32(24)36/h5-18,35-36H,1-4H3. The number of phenols is 2. The molecular weight excluding hydrogens is 444 g/mol. The van der Waals surface area contributed by atoms with Crippen molar-refractivity contribution < 1.29 is 10.2 Å². The van der Waals surface area contributed by atoms with E-state index in [9.17, 15) is 10.2 Å². The lowest BCUT2D eigenvalue weighted by Crippen LogP contribution is -1.90. The number of nitrogens with zero attached hydrogens (tertiary/aromatic N) is 2. The zero-order valence-electron chi connectivity index (χ0n) is 20.9. The van der Waals surface area contributed by atoms with Gasteiger partial charge in [-0.2, -0.15) is 0 Å². The molecule has 4 heteroatoms. The predicted molar refractivity (Wildman–Crippen MR) is 151 cm³/mol. The molecule has 0 aliphatic heterocycles. The van der Waals surface area contributed by atoms with Crippen LogP contribution in [0, 0.1) is 27.7 Å². The Labute approximate surface area is 210 Å². The first kappa shape index (κ1) is 23.3. The van der Waals surface area contributed by atoms with Crippen LogP contribution in [-0.2, 0) is 0 Å². The van der Waals surface area contributed by atoms with Crippen molar-refractivity contribution in [2.24, 2.45) is 9.98 Å². The molecule has 0 atom stereocenters. The summed E-state index contributed by atoms with van der Waals surface area (Å²) < 4.78 is 0. The molecule has 0 unspecified atom stereocenters. The Morgan fingerprint density at radius 2 is 0.889 bits per heavy atom. The molecular formula is C32H28N2O2. The summed E-state index contributed by atoms with van der Waals surface area (Å²) in [7, 11) is 0. The Kier molecular flexibility index (Phi) is 6.03. The molecule has 0 fully saturated rings. The highest BCUT2D eigenvalue weighted by molar-refractivity contribution is 6.19. The molecule has 2 N–H and O–H groups in total. The third-order valence-electron chi connectivity index (χ3n) is 6.49. The van der Waals surface area contributed by atoms with Gasteiger partial charge in [0.2, 0.25) is 0 Å². The van der Waals surface area contributed by atoms with E-state index in [1.54, 1.807) is 12.4 Å². The number of phenolic OH excluding ortho intramolecular Hbond substituents is 2. The Balaban J connectivity index is 1.79. The monoisotopic (exact) mass is 472 g/mol. The summed E-state index contributed by atoms with van der Waals surface area (Å²) in [4.78, 5) is 9.81. The number of benzene rings is 5. The summed E-state index contributed by atoms with van der Waals surface area (Å²) in [6.45, 7) is 7.77. The quantitative estimate of drug-likeness (QED) is 0.205. The molecule has 178 valence electrons. The van der Waals surface area contributed by atoms with Gasteiger partial charge in [-0.1, -0.05) is 60.7 Å². The molecule has 4 nitrogen and oxygen atoms in total. The molecule has 5 aromatic carbocycles. The van der Waals surface area contributed by atoms with Gasteiger partial charge in [-0.15, -0.1) is 0 Å². The summed E-state index contributed by atoms with van der Waals surface area (Å²) >= 11 is 0. The molecule has 0 saturated carbocycles. The Hall–Kier alpha value is -4.44. The van der Waals surface area contributed by atoms with Crippen LogP contribution in [0.4, 0.5) is 11.4 Å². The zero-order chi connectivity index (χ0) is 25.4. The van der Waals surface area contributed by atoms with Crippen molar-refractivity contribution >= 4 is 45.3 Å². The smallest absolute Gasteiger partial charge is 0.127 e. The lowest BCUT2D eigenvalue weighted by molar-refractivity contribution is 0.469. The molecule has 0 bridgehead atoms. The Bertz CT molecular complexity index is 1570. The molecule has 5 rings (SSSR count). The highest BCUT2D eigenvalue weighted by Gasteiger charge is 2.14. The summed E-state index contributed by atoms with van der Waals surface area (Å²) in [6.07, 6.45) is 3.42. The summed E-state index contributed by atoms with van der Waals surface area (Å²) in [5.41, 5.74) is 6.47. The molecule has 0 saturated heterocycles. The van der Waals surface area contributed by atoms with E-state index in [2.05, 4.69) is 12.1 Å². The second-order valence-corrected chi connectivity index (χ2v) is 9.34. The van der Waals surface area contributed by atoms with Crippen LogP contribution in [0.25, 0.3) is 21.5 Å². The van der Waals surface area contributed by atoms with Gasteiger partial charge in [0.15, 0.2) is 0 Å². The maximum Gasteiger partial charge on any atom is 0.127 e. The lowest BCUT2D eigenvalue weighted by Gasteiger charge is -2.12. The van der Waals surface area contributed by atoms with Gasteiger partial charge in [0.25, 0.3) is 0 Å². The van der Waals surface area contributed by atoms with Crippen LogP contribution < -0.4 is 0 Å². The predicted octanol–water partition coefficient (Wildman–Crippen LogP) is 8.14. The SMILES string of the molecule is Cc1cc(C)c(O)c(C=Nc2c(N=Cc3cc(C)cc(C)c3O)c3ccccc3c3ccccc23)c1. The zero-order valence-corrected chi connectivity index (χ0v) is 20.9. The van der Waals surface area contributed by atoms with Crippen LogP contribution >= 0.6 is 0 Å². The van der Waals surface area contributed by atoms with Crippen LogP contribution in [0.5, 0.6) is 11.5 Å². The summed E-state index contributed by atoms with van der Waals surface area (Å²) in [6, 6.07) is 24.0. The van der Waals surface area contributed by atoms with E-state index >= 15 is 0 Å². The van der Waals surface area contributed by atoms with Crippen LogP contribution in [0.2, 0.25) is 0 Å². The first-order valence-electron chi connectivity index (χ1n) is 12.0. The number of hydrogen-bond donors (Lipinski definition) is 2.